The largest absolute Gasteiger partial charge is 0.305 e. The molecular formula is C15H15Br2F2NS. The van der Waals surface area contributed by atoms with Crippen LogP contribution in [0.2, 0.25) is 0 Å². The first-order chi connectivity index (χ1) is 9.95. The van der Waals surface area contributed by atoms with Gasteiger partial charge in [-0.3, -0.25) is 0 Å². The molecule has 0 saturated heterocycles. The monoisotopic (exact) mass is 437 g/mol. The molecule has 1 aromatic carbocycles. The van der Waals surface area contributed by atoms with Crippen molar-refractivity contribution in [3.05, 3.63) is 54.1 Å². The standard InChI is InChI=1S/C15H15Br2F2NS/c1-3-6-20-14(11-7-9(16)15(17)21-11)12-10(18)5-4-8(2)13(12)19/h4-5,7,14,20H,3,6H2,1-2H3. The summed E-state index contributed by atoms with van der Waals surface area (Å²) in [6, 6.07) is 4.19. The fourth-order valence-corrected chi connectivity index (χ4v) is 4.26. The molecule has 1 atom stereocenters. The Hall–Kier alpha value is -0.300. The lowest BCUT2D eigenvalue weighted by atomic mass is 10.0. The molecule has 0 saturated carbocycles. The Morgan fingerprint density at radius 2 is 2.00 bits per heavy atom. The van der Waals surface area contributed by atoms with Crippen LogP contribution in [0.3, 0.4) is 0 Å². The predicted octanol–water partition coefficient (Wildman–Crippen LogP) is 5.95. The molecule has 0 spiro atoms. The SMILES string of the molecule is CCCNC(c1cc(Br)c(Br)s1)c1c(F)ccc(C)c1F. The second-order valence-corrected chi connectivity index (χ2v) is 8.01. The van der Waals surface area contributed by atoms with Crippen LogP contribution in [0, 0.1) is 18.6 Å². The maximum atomic E-state index is 14.4. The average Bonchev–Trinajstić information content (AvgIpc) is 2.78. The van der Waals surface area contributed by atoms with Crippen LogP contribution in [0.25, 0.3) is 0 Å². The molecule has 6 heteroatoms. The van der Waals surface area contributed by atoms with Gasteiger partial charge in [-0.05, 0) is 69.4 Å². The van der Waals surface area contributed by atoms with Gasteiger partial charge in [0.25, 0.3) is 0 Å². The van der Waals surface area contributed by atoms with E-state index in [9.17, 15) is 8.78 Å². The van der Waals surface area contributed by atoms with Crippen molar-refractivity contribution in [1.82, 2.24) is 5.32 Å². The van der Waals surface area contributed by atoms with E-state index in [2.05, 4.69) is 37.2 Å². The molecule has 1 aromatic heterocycles. The second kappa shape index (κ2) is 7.31. The van der Waals surface area contributed by atoms with E-state index >= 15 is 0 Å². The van der Waals surface area contributed by atoms with Crippen LogP contribution in [0.1, 0.15) is 35.4 Å². The minimum absolute atomic E-state index is 0.0877. The van der Waals surface area contributed by atoms with Gasteiger partial charge in [-0.2, -0.15) is 0 Å². The van der Waals surface area contributed by atoms with Crippen molar-refractivity contribution < 1.29 is 8.78 Å². The van der Waals surface area contributed by atoms with Gasteiger partial charge in [0, 0.05) is 14.9 Å². The van der Waals surface area contributed by atoms with Crippen molar-refractivity contribution in [2.45, 2.75) is 26.3 Å². The van der Waals surface area contributed by atoms with Gasteiger partial charge < -0.3 is 5.32 Å². The molecule has 1 N–H and O–H groups in total. The summed E-state index contributed by atoms with van der Waals surface area (Å²) in [5.41, 5.74) is 0.536. The Kier molecular flexibility index (Phi) is 5.94. The van der Waals surface area contributed by atoms with E-state index in [1.807, 2.05) is 13.0 Å². The molecule has 1 heterocycles. The Morgan fingerprint density at radius 3 is 2.57 bits per heavy atom. The molecule has 0 bridgehead atoms. The van der Waals surface area contributed by atoms with Gasteiger partial charge in [0.05, 0.1) is 9.83 Å². The molecule has 1 nitrogen and oxygen atoms in total. The number of rotatable bonds is 5. The highest BCUT2D eigenvalue weighted by Crippen LogP contribution is 2.39. The number of nitrogens with one attached hydrogen (secondary N) is 1. The zero-order chi connectivity index (χ0) is 15.6. The van der Waals surface area contributed by atoms with Crippen LogP contribution >= 0.6 is 43.2 Å². The van der Waals surface area contributed by atoms with Gasteiger partial charge in [0.2, 0.25) is 0 Å². The number of benzene rings is 1. The van der Waals surface area contributed by atoms with E-state index in [-0.39, 0.29) is 5.56 Å². The summed E-state index contributed by atoms with van der Waals surface area (Å²) in [7, 11) is 0. The molecule has 21 heavy (non-hydrogen) atoms. The summed E-state index contributed by atoms with van der Waals surface area (Å²) in [5, 5.41) is 3.24. The topological polar surface area (TPSA) is 12.0 Å². The van der Waals surface area contributed by atoms with E-state index in [0.29, 0.717) is 12.1 Å². The van der Waals surface area contributed by atoms with Crippen molar-refractivity contribution in [1.29, 1.82) is 0 Å². The Bertz CT molecular complexity index is 623. The van der Waals surface area contributed by atoms with Crippen molar-refractivity contribution in [3.63, 3.8) is 0 Å². The van der Waals surface area contributed by atoms with Crippen molar-refractivity contribution in [2.75, 3.05) is 6.54 Å². The lowest BCUT2D eigenvalue weighted by molar-refractivity contribution is 0.502. The molecule has 2 rings (SSSR count). The summed E-state index contributed by atoms with van der Waals surface area (Å²) in [5.74, 6) is -1.00. The van der Waals surface area contributed by atoms with Gasteiger partial charge in [0.15, 0.2) is 0 Å². The number of hydrogen-bond acceptors (Lipinski definition) is 2. The first-order valence-electron chi connectivity index (χ1n) is 6.58. The molecule has 0 aliphatic rings. The summed E-state index contributed by atoms with van der Waals surface area (Å²) >= 11 is 8.32. The molecule has 0 radical (unpaired) electrons. The minimum atomic E-state index is -0.521. The predicted molar refractivity (Wildman–Crippen MR) is 91.0 cm³/mol. The minimum Gasteiger partial charge on any atom is -0.305 e. The third-order valence-electron chi connectivity index (χ3n) is 3.16. The van der Waals surface area contributed by atoms with Gasteiger partial charge in [-0.15, -0.1) is 11.3 Å². The molecule has 1 unspecified atom stereocenters. The maximum absolute atomic E-state index is 14.4. The normalized spacial score (nSPS) is 12.7. The highest BCUT2D eigenvalue weighted by molar-refractivity contribution is 9.13. The van der Waals surface area contributed by atoms with Gasteiger partial charge in [-0.25, -0.2) is 8.78 Å². The number of thiophene rings is 1. The lowest BCUT2D eigenvalue weighted by Gasteiger charge is -2.20. The first-order valence-corrected chi connectivity index (χ1v) is 8.98. The molecule has 0 aliphatic carbocycles. The first kappa shape index (κ1) is 17.1. The van der Waals surface area contributed by atoms with Crippen LogP contribution < -0.4 is 5.32 Å². The summed E-state index contributed by atoms with van der Waals surface area (Å²) in [6.45, 7) is 4.35. The van der Waals surface area contributed by atoms with E-state index in [0.717, 1.165) is 19.6 Å². The van der Waals surface area contributed by atoms with Crippen molar-refractivity contribution >= 4 is 43.2 Å². The van der Waals surface area contributed by atoms with Crippen LogP contribution in [0.4, 0.5) is 8.78 Å². The van der Waals surface area contributed by atoms with Gasteiger partial charge in [0.1, 0.15) is 11.6 Å². The van der Waals surface area contributed by atoms with Crippen molar-refractivity contribution in [3.8, 4) is 0 Å². The number of halogens is 4. The third kappa shape index (κ3) is 3.73. The van der Waals surface area contributed by atoms with E-state index in [1.165, 1.54) is 23.5 Å². The fourth-order valence-electron chi connectivity index (χ4n) is 2.08. The highest BCUT2D eigenvalue weighted by atomic mass is 79.9. The molecule has 0 amide bonds. The molecule has 114 valence electrons. The quantitative estimate of drug-likeness (QED) is 0.608. The van der Waals surface area contributed by atoms with Crippen LogP contribution in [-0.2, 0) is 0 Å². The summed E-state index contributed by atoms with van der Waals surface area (Å²) in [4.78, 5) is 0.866. The average molecular weight is 439 g/mol. The zero-order valence-corrected chi connectivity index (χ0v) is 15.6. The second-order valence-electron chi connectivity index (χ2n) is 4.75. The van der Waals surface area contributed by atoms with Crippen LogP contribution in [0.5, 0.6) is 0 Å². The van der Waals surface area contributed by atoms with E-state index in [4.69, 9.17) is 0 Å². The van der Waals surface area contributed by atoms with Gasteiger partial charge in [-0.1, -0.05) is 13.0 Å². The Balaban J connectivity index is 2.53. The molecule has 2 aromatic rings. The maximum Gasteiger partial charge on any atom is 0.134 e. The van der Waals surface area contributed by atoms with Crippen molar-refractivity contribution in [2.24, 2.45) is 0 Å². The summed E-state index contributed by atoms with van der Waals surface area (Å²) in [6.07, 6.45) is 0.888. The number of aryl methyl sites for hydroxylation is 1. The van der Waals surface area contributed by atoms with E-state index in [1.54, 1.807) is 6.92 Å². The van der Waals surface area contributed by atoms with Crippen LogP contribution in [-0.4, -0.2) is 6.54 Å². The lowest BCUT2D eigenvalue weighted by Crippen LogP contribution is -2.24. The highest BCUT2D eigenvalue weighted by Gasteiger charge is 2.25. The summed E-state index contributed by atoms with van der Waals surface area (Å²) < 4.78 is 30.4. The smallest absolute Gasteiger partial charge is 0.134 e. The third-order valence-corrected chi connectivity index (χ3v) is 6.48. The fraction of sp³-hybridized carbons (Fsp3) is 0.333. The Labute approximate surface area is 144 Å². The van der Waals surface area contributed by atoms with Crippen LogP contribution in [0.15, 0.2) is 26.5 Å². The molecule has 0 aliphatic heterocycles. The molecular weight excluding hydrogens is 424 g/mol. The molecule has 0 fully saturated rings. The van der Waals surface area contributed by atoms with Gasteiger partial charge >= 0.3 is 0 Å². The Morgan fingerprint density at radius 1 is 1.29 bits per heavy atom. The van der Waals surface area contributed by atoms with E-state index < -0.39 is 17.7 Å². The number of hydrogen-bond donors (Lipinski definition) is 1. The zero-order valence-electron chi connectivity index (χ0n) is 11.6.